The minimum absolute atomic E-state index is 0.0797. The highest BCUT2D eigenvalue weighted by Crippen LogP contribution is 2.23. The highest BCUT2D eigenvalue weighted by Gasteiger charge is 2.21. The van der Waals surface area contributed by atoms with Gasteiger partial charge in [0.25, 0.3) is 0 Å². The molecule has 0 spiro atoms. The molecule has 0 heterocycles. The number of nitrogens with zero attached hydrogens (tertiary/aromatic N) is 1. The Kier molecular flexibility index (Phi) is 7.38. The number of sulfonamides is 1. The van der Waals surface area contributed by atoms with Gasteiger partial charge in [0.2, 0.25) is 10.0 Å². The van der Waals surface area contributed by atoms with E-state index in [-0.39, 0.29) is 11.4 Å². The largest absolute Gasteiger partial charge is 0.491 e. The van der Waals surface area contributed by atoms with Gasteiger partial charge in [-0.05, 0) is 41.2 Å². The van der Waals surface area contributed by atoms with Crippen LogP contribution in [0.25, 0.3) is 0 Å². The summed E-state index contributed by atoms with van der Waals surface area (Å²) in [7, 11) is 1.80. The third-order valence-electron chi connectivity index (χ3n) is 3.59. The van der Waals surface area contributed by atoms with Gasteiger partial charge in [-0.2, -0.15) is 0 Å². The van der Waals surface area contributed by atoms with Crippen molar-refractivity contribution >= 4 is 36.2 Å². The second-order valence-corrected chi connectivity index (χ2v) is 8.95. The lowest BCUT2D eigenvalue weighted by Crippen LogP contribution is -2.26. The highest BCUT2D eigenvalue weighted by molar-refractivity contribution is 7.89. The molecule has 142 valence electrons. The van der Waals surface area contributed by atoms with E-state index in [0.717, 1.165) is 15.7 Å². The molecule has 1 atom stereocenters. The summed E-state index contributed by atoms with van der Waals surface area (Å²) in [6.45, 7) is 0.967. The maximum absolute atomic E-state index is 13.5. The summed E-state index contributed by atoms with van der Waals surface area (Å²) in [6, 6.07) is 9.05. The van der Waals surface area contributed by atoms with Crippen molar-refractivity contribution in [1.82, 2.24) is 9.62 Å². The van der Waals surface area contributed by atoms with E-state index in [0.29, 0.717) is 29.5 Å². The standard InChI is InChI=1S/C17H21ClFN2O3PS/c1-21(2)26(22,23)17-6-3-13(19)9-12(17)11-20-7-8-24-16-10-14(25)4-5-15(16)18/h3-6,9-10,20H,7-8,11,25H2,1-2H3. The lowest BCUT2D eigenvalue weighted by atomic mass is 10.2. The Morgan fingerprint density at radius 3 is 2.65 bits per heavy atom. The molecule has 0 aromatic heterocycles. The molecule has 1 unspecified atom stereocenters. The topological polar surface area (TPSA) is 58.6 Å². The van der Waals surface area contributed by atoms with Crippen molar-refractivity contribution in [2.24, 2.45) is 0 Å². The fraction of sp³-hybridized carbons (Fsp3) is 0.294. The van der Waals surface area contributed by atoms with Crippen LogP contribution in [0.2, 0.25) is 5.02 Å². The summed E-state index contributed by atoms with van der Waals surface area (Å²) in [4.78, 5) is 0.0797. The maximum Gasteiger partial charge on any atom is 0.242 e. The van der Waals surface area contributed by atoms with Crippen molar-refractivity contribution in [2.45, 2.75) is 11.4 Å². The van der Waals surface area contributed by atoms with Gasteiger partial charge in [-0.3, -0.25) is 0 Å². The normalized spacial score (nSPS) is 11.8. The van der Waals surface area contributed by atoms with Crippen molar-refractivity contribution in [1.29, 1.82) is 0 Å². The summed E-state index contributed by atoms with van der Waals surface area (Å²) in [6.07, 6.45) is 0. The molecule has 0 radical (unpaired) electrons. The van der Waals surface area contributed by atoms with Crippen LogP contribution in [0.1, 0.15) is 5.56 Å². The van der Waals surface area contributed by atoms with Gasteiger partial charge in [0.05, 0.1) is 9.92 Å². The Morgan fingerprint density at radius 1 is 1.23 bits per heavy atom. The monoisotopic (exact) mass is 418 g/mol. The van der Waals surface area contributed by atoms with E-state index in [1.54, 1.807) is 12.1 Å². The third kappa shape index (κ3) is 5.38. The van der Waals surface area contributed by atoms with Crippen molar-refractivity contribution in [3.63, 3.8) is 0 Å². The molecule has 2 aromatic carbocycles. The van der Waals surface area contributed by atoms with Crippen LogP contribution in [0, 0.1) is 5.82 Å². The number of halogens is 2. The SMILES string of the molecule is CN(C)S(=O)(=O)c1ccc(F)cc1CNCCOc1cc(P)ccc1Cl. The van der Waals surface area contributed by atoms with Crippen LogP contribution < -0.4 is 15.4 Å². The number of nitrogens with one attached hydrogen (secondary N) is 1. The van der Waals surface area contributed by atoms with E-state index in [1.165, 1.54) is 26.2 Å². The molecule has 0 saturated carbocycles. The molecule has 9 heteroatoms. The molecule has 0 bridgehead atoms. The van der Waals surface area contributed by atoms with Crippen LogP contribution >= 0.6 is 20.8 Å². The van der Waals surface area contributed by atoms with Crippen molar-refractivity contribution < 1.29 is 17.5 Å². The molecule has 1 N–H and O–H groups in total. The molecule has 5 nitrogen and oxygen atoms in total. The Labute approximate surface area is 160 Å². The fourth-order valence-corrected chi connectivity index (χ4v) is 3.74. The number of ether oxygens (including phenoxy) is 1. The van der Waals surface area contributed by atoms with Crippen LogP contribution in [0.4, 0.5) is 4.39 Å². The molecule has 0 aliphatic rings. The van der Waals surface area contributed by atoms with Gasteiger partial charge >= 0.3 is 0 Å². The molecule has 2 rings (SSSR count). The average Bonchev–Trinajstić information content (AvgIpc) is 2.57. The molecule has 0 amide bonds. The number of hydrogen-bond donors (Lipinski definition) is 1. The van der Waals surface area contributed by atoms with Gasteiger partial charge < -0.3 is 10.1 Å². The fourth-order valence-electron chi connectivity index (χ4n) is 2.22. The van der Waals surface area contributed by atoms with Crippen LogP contribution in [0.3, 0.4) is 0 Å². The molecule has 26 heavy (non-hydrogen) atoms. The minimum atomic E-state index is -3.64. The van der Waals surface area contributed by atoms with Crippen LogP contribution in [0.15, 0.2) is 41.3 Å². The van der Waals surface area contributed by atoms with Gasteiger partial charge in [0.1, 0.15) is 18.2 Å². The summed E-state index contributed by atoms with van der Waals surface area (Å²) in [5.41, 5.74) is 0.365. The summed E-state index contributed by atoms with van der Waals surface area (Å²) in [5.74, 6) is 0.0856. The van der Waals surface area contributed by atoms with E-state index in [9.17, 15) is 12.8 Å². The van der Waals surface area contributed by atoms with E-state index in [1.807, 2.05) is 6.07 Å². The molecule has 0 aliphatic heterocycles. The van der Waals surface area contributed by atoms with Crippen LogP contribution in [-0.4, -0.2) is 40.0 Å². The zero-order chi connectivity index (χ0) is 19.3. The van der Waals surface area contributed by atoms with Crippen molar-refractivity contribution in [2.75, 3.05) is 27.2 Å². The molecule has 0 fully saturated rings. The first kappa shape index (κ1) is 21.1. The molecule has 0 aliphatic carbocycles. The van der Waals surface area contributed by atoms with Gasteiger partial charge in [-0.25, -0.2) is 17.1 Å². The first-order valence-electron chi connectivity index (χ1n) is 7.81. The van der Waals surface area contributed by atoms with Gasteiger partial charge in [0.15, 0.2) is 0 Å². The molecule has 2 aromatic rings. The van der Waals surface area contributed by atoms with Gasteiger partial charge in [-0.15, -0.1) is 9.24 Å². The zero-order valence-electron chi connectivity index (χ0n) is 14.5. The van der Waals surface area contributed by atoms with Gasteiger partial charge in [-0.1, -0.05) is 17.7 Å². The van der Waals surface area contributed by atoms with Crippen molar-refractivity contribution in [3.05, 3.63) is 52.8 Å². The van der Waals surface area contributed by atoms with Crippen molar-refractivity contribution in [3.8, 4) is 5.75 Å². The van der Waals surface area contributed by atoms with E-state index in [4.69, 9.17) is 16.3 Å². The highest BCUT2D eigenvalue weighted by atomic mass is 35.5. The second kappa shape index (κ2) is 9.11. The minimum Gasteiger partial charge on any atom is -0.491 e. The predicted molar refractivity (Wildman–Crippen MR) is 105 cm³/mol. The van der Waals surface area contributed by atoms with E-state index in [2.05, 4.69) is 14.6 Å². The third-order valence-corrected chi connectivity index (χ3v) is 6.18. The maximum atomic E-state index is 13.5. The Balaban J connectivity index is 1.97. The Bertz CT molecular complexity index is 878. The lowest BCUT2D eigenvalue weighted by Gasteiger charge is -2.16. The quantitative estimate of drug-likeness (QED) is 0.528. The lowest BCUT2D eigenvalue weighted by molar-refractivity contribution is 0.314. The summed E-state index contributed by atoms with van der Waals surface area (Å²) >= 11 is 6.06. The van der Waals surface area contributed by atoms with E-state index >= 15 is 0 Å². The zero-order valence-corrected chi connectivity index (χ0v) is 17.2. The molecule has 0 saturated heterocycles. The average molecular weight is 419 g/mol. The first-order valence-corrected chi connectivity index (χ1v) is 10.2. The predicted octanol–water partition coefficient (Wildman–Crippen LogP) is 2.40. The first-order chi connectivity index (χ1) is 12.2. The number of benzene rings is 2. The van der Waals surface area contributed by atoms with Crippen LogP contribution in [-0.2, 0) is 16.6 Å². The summed E-state index contributed by atoms with van der Waals surface area (Å²) < 4.78 is 44.9. The molecular weight excluding hydrogens is 398 g/mol. The van der Waals surface area contributed by atoms with E-state index < -0.39 is 15.8 Å². The molecular formula is C17H21ClFN2O3PS. The smallest absolute Gasteiger partial charge is 0.242 e. The van der Waals surface area contributed by atoms with Crippen LogP contribution in [0.5, 0.6) is 5.75 Å². The second-order valence-electron chi connectivity index (χ2n) is 5.75. The van der Waals surface area contributed by atoms with Gasteiger partial charge in [0, 0.05) is 27.2 Å². The Hall–Kier alpha value is -1.24. The summed E-state index contributed by atoms with van der Waals surface area (Å²) in [5, 5.41) is 4.53. The number of hydrogen-bond acceptors (Lipinski definition) is 4. The number of rotatable bonds is 8. The Morgan fingerprint density at radius 2 is 1.96 bits per heavy atom.